The maximum absolute atomic E-state index is 13.9. The third-order valence-electron chi connectivity index (χ3n) is 2.93. The molecule has 0 radical (unpaired) electrons. The number of phosphoric acid groups is 1. The van der Waals surface area contributed by atoms with Crippen LogP contribution in [0.15, 0.2) is 48.5 Å². The molecule has 2 aromatic rings. The summed E-state index contributed by atoms with van der Waals surface area (Å²) in [6, 6.07) is 13.2. The fraction of sp³-hybridized carbons (Fsp3) is 0.294. The molecule has 0 aliphatic heterocycles. The largest absolute Gasteiger partial charge is 0.475 e. The molecule has 0 saturated carbocycles. The molecule has 24 heavy (non-hydrogen) atoms. The van der Waals surface area contributed by atoms with Crippen molar-refractivity contribution >= 4 is 7.82 Å². The van der Waals surface area contributed by atoms with E-state index in [-0.39, 0.29) is 25.6 Å². The van der Waals surface area contributed by atoms with Crippen LogP contribution in [0.4, 0.5) is 4.39 Å². The van der Waals surface area contributed by atoms with Crippen LogP contribution >= 0.6 is 7.82 Å². The first-order valence-electron chi connectivity index (χ1n) is 7.61. The van der Waals surface area contributed by atoms with Crippen LogP contribution in [0.3, 0.4) is 0 Å². The number of phosphoric ester groups is 1. The normalized spacial score (nSPS) is 11.5. The van der Waals surface area contributed by atoms with Crippen molar-refractivity contribution in [1.29, 1.82) is 0 Å². The Labute approximate surface area is 140 Å². The van der Waals surface area contributed by atoms with Gasteiger partial charge in [-0.15, -0.1) is 0 Å². The zero-order chi connectivity index (χ0) is 17.4. The van der Waals surface area contributed by atoms with Crippen molar-refractivity contribution < 1.29 is 27.3 Å². The number of para-hydroxylation sites is 1. The van der Waals surface area contributed by atoms with Crippen LogP contribution in [0, 0.1) is 5.82 Å². The minimum absolute atomic E-state index is 0.0529. The molecule has 0 aliphatic carbocycles. The van der Waals surface area contributed by atoms with E-state index in [1.54, 1.807) is 38.1 Å². The van der Waals surface area contributed by atoms with Crippen molar-refractivity contribution in [3.05, 3.63) is 59.9 Å². The van der Waals surface area contributed by atoms with Crippen molar-refractivity contribution in [2.45, 2.75) is 20.5 Å². The summed E-state index contributed by atoms with van der Waals surface area (Å²) < 4.78 is 47.0. The molecular weight excluding hydrogens is 334 g/mol. The summed E-state index contributed by atoms with van der Waals surface area (Å²) in [4.78, 5) is 0. The van der Waals surface area contributed by atoms with Crippen molar-refractivity contribution in [3.63, 3.8) is 0 Å². The Hall–Kier alpha value is -1.72. The van der Waals surface area contributed by atoms with Crippen LogP contribution in [0.5, 0.6) is 11.5 Å². The summed E-state index contributed by atoms with van der Waals surface area (Å²) in [5, 5.41) is 0. The molecule has 0 heterocycles. The zero-order valence-electron chi connectivity index (χ0n) is 13.6. The van der Waals surface area contributed by atoms with E-state index < -0.39 is 13.6 Å². The van der Waals surface area contributed by atoms with Gasteiger partial charge in [-0.2, -0.15) is 0 Å². The molecule has 0 bridgehead atoms. The van der Waals surface area contributed by atoms with Crippen LogP contribution < -0.4 is 4.74 Å². The smallest absolute Gasteiger partial charge is 0.454 e. The number of benzene rings is 2. The van der Waals surface area contributed by atoms with Gasteiger partial charge in [0.05, 0.1) is 19.8 Å². The topological polar surface area (TPSA) is 54.0 Å². The van der Waals surface area contributed by atoms with Crippen molar-refractivity contribution in [3.8, 4) is 11.5 Å². The maximum Gasteiger partial charge on any atom is 0.475 e. The highest BCUT2D eigenvalue weighted by Crippen LogP contribution is 2.50. The molecule has 0 fully saturated rings. The SMILES string of the molecule is CCOP(=O)(OCC)OCc1ccc(F)c(Oc2ccccc2)c1. The van der Waals surface area contributed by atoms with Gasteiger partial charge in [-0.05, 0) is 43.7 Å². The van der Waals surface area contributed by atoms with Crippen LogP contribution in [0.1, 0.15) is 19.4 Å². The van der Waals surface area contributed by atoms with E-state index in [1.807, 2.05) is 6.07 Å². The minimum atomic E-state index is -3.61. The zero-order valence-corrected chi connectivity index (χ0v) is 14.5. The van der Waals surface area contributed by atoms with Gasteiger partial charge in [0.15, 0.2) is 11.6 Å². The van der Waals surface area contributed by atoms with Crippen LogP contribution in [-0.2, 0) is 24.7 Å². The van der Waals surface area contributed by atoms with E-state index in [4.69, 9.17) is 18.3 Å². The van der Waals surface area contributed by atoms with E-state index in [0.717, 1.165) is 0 Å². The average molecular weight is 354 g/mol. The van der Waals surface area contributed by atoms with E-state index in [0.29, 0.717) is 11.3 Å². The van der Waals surface area contributed by atoms with Gasteiger partial charge in [0.2, 0.25) is 0 Å². The second-order valence-corrected chi connectivity index (χ2v) is 6.41. The molecule has 0 aromatic heterocycles. The molecule has 5 nitrogen and oxygen atoms in total. The minimum Gasteiger partial charge on any atom is -0.454 e. The summed E-state index contributed by atoms with van der Waals surface area (Å²) in [6.45, 7) is 3.73. The van der Waals surface area contributed by atoms with Gasteiger partial charge in [0, 0.05) is 0 Å². The average Bonchev–Trinajstić information content (AvgIpc) is 2.57. The lowest BCUT2D eigenvalue weighted by Gasteiger charge is -2.16. The first-order valence-corrected chi connectivity index (χ1v) is 9.07. The van der Waals surface area contributed by atoms with Gasteiger partial charge < -0.3 is 4.74 Å². The number of rotatable bonds is 9. The molecule has 0 amide bonds. The van der Waals surface area contributed by atoms with Gasteiger partial charge in [-0.3, -0.25) is 13.6 Å². The lowest BCUT2D eigenvalue weighted by atomic mass is 10.2. The van der Waals surface area contributed by atoms with Gasteiger partial charge in [-0.1, -0.05) is 24.3 Å². The van der Waals surface area contributed by atoms with Gasteiger partial charge in [0.25, 0.3) is 0 Å². The highest BCUT2D eigenvalue weighted by Gasteiger charge is 2.25. The lowest BCUT2D eigenvalue weighted by molar-refractivity contribution is 0.116. The predicted octanol–water partition coefficient (Wildman–Crippen LogP) is 5.32. The molecule has 0 spiro atoms. The second-order valence-electron chi connectivity index (χ2n) is 4.74. The van der Waals surface area contributed by atoms with Gasteiger partial charge in [-0.25, -0.2) is 8.96 Å². The third-order valence-corrected chi connectivity index (χ3v) is 4.52. The molecule has 7 heteroatoms. The summed E-state index contributed by atoms with van der Waals surface area (Å²) in [5.74, 6) is 0.0779. The number of ether oxygens (including phenoxy) is 1. The van der Waals surface area contributed by atoms with Crippen LogP contribution in [-0.4, -0.2) is 13.2 Å². The quantitative estimate of drug-likeness (QED) is 0.571. The predicted molar refractivity (Wildman–Crippen MR) is 88.6 cm³/mol. The van der Waals surface area contributed by atoms with Gasteiger partial charge >= 0.3 is 7.82 Å². The Morgan fingerprint density at radius 1 is 0.958 bits per heavy atom. The van der Waals surface area contributed by atoms with E-state index in [9.17, 15) is 8.96 Å². The Morgan fingerprint density at radius 3 is 2.25 bits per heavy atom. The Kier molecular flexibility index (Phi) is 6.94. The molecule has 0 N–H and O–H groups in total. The number of hydrogen-bond acceptors (Lipinski definition) is 5. The maximum atomic E-state index is 13.9. The molecular formula is C17H20FO5P. The molecule has 0 aliphatic rings. The summed E-state index contributed by atoms with van der Waals surface area (Å²) >= 11 is 0. The Morgan fingerprint density at radius 2 is 1.62 bits per heavy atom. The molecule has 2 aromatic carbocycles. The van der Waals surface area contributed by atoms with Crippen LogP contribution in [0.2, 0.25) is 0 Å². The molecule has 130 valence electrons. The second kappa shape index (κ2) is 8.94. The van der Waals surface area contributed by atoms with Gasteiger partial charge in [0.1, 0.15) is 5.75 Å². The third kappa shape index (κ3) is 5.42. The summed E-state index contributed by atoms with van der Waals surface area (Å²) in [7, 11) is -3.61. The highest BCUT2D eigenvalue weighted by atomic mass is 31.2. The fourth-order valence-electron chi connectivity index (χ4n) is 1.91. The highest BCUT2D eigenvalue weighted by molar-refractivity contribution is 7.48. The van der Waals surface area contributed by atoms with Crippen LogP contribution in [0.25, 0.3) is 0 Å². The van der Waals surface area contributed by atoms with Crippen molar-refractivity contribution in [2.75, 3.05) is 13.2 Å². The van der Waals surface area contributed by atoms with E-state index in [2.05, 4.69) is 0 Å². The van der Waals surface area contributed by atoms with Crippen molar-refractivity contribution in [1.82, 2.24) is 0 Å². The van der Waals surface area contributed by atoms with Crippen molar-refractivity contribution in [2.24, 2.45) is 0 Å². The molecule has 0 saturated heterocycles. The first kappa shape index (κ1) is 18.6. The Balaban J connectivity index is 2.09. The summed E-state index contributed by atoms with van der Waals surface area (Å²) in [6.07, 6.45) is 0. The Bertz CT molecular complexity index is 683. The number of hydrogen-bond donors (Lipinski definition) is 0. The first-order chi connectivity index (χ1) is 11.6. The molecule has 0 unspecified atom stereocenters. The van der Waals surface area contributed by atoms with E-state index >= 15 is 0 Å². The van der Waals surface area contributed by atoms with E-state index in [1.165, 1.54) is 18.2 Å². The standard InChI is InChI=1S/C17H20FO5P/c1-3-20-24(19,21-4-2)22-13-14-10-11-16(18)17(12-14)23-15-8-6-5-7-9-15/h5-12H,3-4,13H2,1-2H3. The lowest BCUT2D eigenvalue weighted by Crippen LogP contribution is -2.01. The fourth-order valence-corrected chi connectivity index (χ4v) is 3.08. The molecule has 0 atom stereocenters. The monoisotopic (exact) mass is 354 g/mol. The summed E-state index contributed by atoms with van der Waals surface area (Å²) in [5.41, 5.74) is 0.585. The number of halogens is 1. The molecule has 2 rings (SSSR count).